The number of ether oxygens (including phenoxy) is 2. The van der Waals surface area contributed by atoms with Crippen LogP contribution < -0.4 is 15.2 Å². The number of halogens is 4. The Labute approximate surface area is 152 Å². The van der Waals surface area contributed by atoms with Gasteiger partial charge in [0.1, 0.15) is 0 Å². The third kappa shape index (κ3) is 6.56. The number of nitrogens with two attached hydrogens (primary N) is 1. The zero-order valence-corrected chi connectivity index (χ0v) is 15.4. The van der Waals surface area contributed by atoms with Crippen molar-refractivity contribution in [3.05, 3.63) is 23.8 Å². The molecule has 0 aliphatic carbocycles. The van der Waals surface area contributed by atoms with Gasteiger partial charge in [-0.05, 0) is 49.5 Å². The van der Waals surface area contributed by atoms with Gasteiger partial charge >= 0.3 is 6.18 Å². The van der Waals surface area contributed by atoms with Crippen molar-refractivity contribution in [1.82, 2.24) is 4.90 Å². The molecule has 1 aliphatic rings. The summed E-state index contributed by atoms with van der Waals surface area (Å²) in [5, 5.41) is 0. The first kappa shape index (κ1) is 21.9. The van der Waals surface area contributed by atoms with Gasteiger partial charge in [0, 0.05) is 13.1 Å². The van der Waals surface area contributed by atoms with E-state index in [-0.39, 0.29) is 23.6 Å². The van der Waals surface area contributed by atoms with Crippen LogP contribution in [0.1, 0.15) is 25.8 Å². The number of rotatable bonds is 7. The highest BCUT2D eigenvalue weighted by Gasteiger charge is 2.32. The number of benzene rings is 1. The van der Waals surface area contributed by atoms with Gasteiger partial charge < -0.3 is 15.2 Å². The highest BCUT2D eigenvalue weighted by molar-refractivity contribution is 5.85. The fourth-order valence-electron chi connectivity index (χ4n) is 2.88. The molecule has 0 spiro atoms. The van der Waals surface area contributed by atoms with E-state index in [4.69, 9.17) is 15.2 Å². The van der Waals surface area contributed by atoms with Gasteiger partial charge in [0.05, 0.1) is 6.61 Å². The van der Waals surface area contributed by atoms with E-state index in [1.54, 1.807) is 25.1 Å². The smallest absolute Gasteiger partial charge is 0.422 e. The second kappa shape index (κ2) is 8.96. The molecule has 1 unspecified atom stereocenters. The zero-order chi connectivity index (χ0) is 17.8. The minimum absolute atomic E-state index is 0. The van der Waals surface area contributed by atoms with Crippen LogP contribution in [0, 0.1) is 5.41 Å². The maximum absolute atomic E-state index is 12.3. The lowest BCUT2D eigenvalue weighted by molar-refractivity contribution is -0.153. The molecule has 0 radical (unpaired) electrons. The number of alkyl halides is 3. The van der Waals surface area contributed by atoms with Gasteiger partial charge in [0.15, 0.2) is 18.1 Å². The SMILES string of the molecule is CCOc1cc(CN2CCC(C)(CN)C2)ccc1OCC(F)(F)F.Cl. The van der Waals surface area contributed by atoms with Crippen LogP contribution in [-0.4, -0.2) is 43.9 Å². The molecule has 1 aromatic carbocycles. The Morgan fingerprint density at radius 1 is 1.24 bits per heavy atom. The predicted molar refractivity (Wildman–Crippen MR) is 93.5 cm³/mol. The van der Waals surface area contributed by atoms with E-state index in [0.29, 0.717) is 18.9 Å². The van der Waals surface area contributed by atoms with Gasteiger partial charge in [0.2, 0.25) is 0 Å². The van der Waals surface area contributed by atoms with Crippen molar-refractivity contribution in [2.75, 3.05) is 32.8 Å². The zero-order valence-electron chi connectivity index (χ0n) is 14.6. The average Bonchev–Trinajstić information content (AvgIpc) is 2.88. The van der Waals surface area contributed by atoms with Crippen LogP contribution in [0.15, 0.2) is 18.2 Å². The molecule has 1 aromatic rings. The van der Waals surface area contributed by atoms with E-state index >= 15 is 0 Å². The highest BCUT2D eigenvalue weighted by atomic mass is 35.5. The van der Waals surface area contributed by atoms with Gasteiger partial charge in [-0.2, -0.15) is 13.2 Å². The monoisotopic (exact) mass is 382 g/mol. The topological polar surface area (TPSA) is 47.7 Å². The molecule has 0 amide bonds. The molecule has 8 heteroatoms. The molecule has 1 aliphatic heterocycles. The Morgan fingerprint density at radius 2 is 1.96 bits per heavy atom. The van der Waals surface area contributed by atoms with Crippen molar-refractivity contribution < 1.29 is 22.6 Å². The van der Waals surface area contributed by atoms with Crippen LogP contribution in [-0.2, 0) is 6.54 Å². The molecule has 1 heterocycles. The van der Waals surface area contributed by atoms with Crippen LogP contribution >= 0.6 is 12.4 Å². The van der Waals surface area contributed by atoms with Crippen molar-refractivity contribution in [3.8, 4) is 11.5 Å². The maximum atomic E-state index is 12.3. The summed E-state index contributed by atoms with van der Waals surface area (Å²) in [6, 6.07) is 5.09. The molecular formula is C17H26ClF3N2O2. The van der Waals surface area contributed by atoms with Crippen molar-refractivity contribution in [2.45, 2.75) is 33.0 Å². The van der Waals surface area contributed by atoms with Crippen LogP contribution in [0.4, 0.5) is 13.2 Å². The molecule has 0 saturated carbocycles. The second-order valence-electron chi connectivity index (χ2n) is 6.59. The lowest BCUT2D eigenvalue weighted by atomic mass is 9.90. The first-order valence-electron chi connectivity index (χ1n) is 8.12. The number of nitrogens with zero attached hydrogens (tertiary/aromatic N) is 1. The molecule has 0 aromatic heterocycles. The van der Waals surface area contributed by atoms with E-state index in [9.17, 15) is 13.2 Å². The first-order chi connectivity index (χ1) is 11.2. The van der Waals surface area contributed by atoms with Crippen LogP contribution in [0.3, 0.4) is 0 Å². The summed E-state index contributed by atoms with van der Waals surface area (Å²) in [5.41, 5.74) is 6.94. The molecule has 1 atom stereocenters. The summed E-state index contributed by atoms with van der Waals surface area (Å²) in [7, 11) is 0. The second-order valence-corrected chi connectivity index (χ2v) is 6.59. The summed E-state index contributed by atoms with van der Waals surface area (Å²) in [5.74, 6) is 0.464. The van der Waals surface area contributed by atoms with Gasteiger partial charge in [-0.25, -0.2) is 0 Å². The minimum Gasteiger partial charge on any atom is -0.490 e. The highest BCUT2D eigenvalue weighted by Crippen LogP contribution is 2.33. The Balaban J connectivity index is 0.00000312. The van der Waals surface area contributed by atoms with Crippen LogP contribution in [0.5, 0.6) is 11.5 Å². The van der Waals surface area contributed by atoms with E-state index in [1.807, 2.05) is 0 Å². The third-order valence-electron chi connectivity index (χ3n) is 4.24. The Hall–Kier alpha value is -1.18. The molecule has 4 nitrogen and oxygen atoms in total. The van der Waals surface area contributed by atoms with Crippen molar-refractivity contribution >= 4 is 12.4 Å². The summed E-state index contributed by atoms with van der Waals surface area (Å²) in [6.45, 7) is 6.24. The molecule has 0 bridgehead atoms. The molecule has 2 N–H and O–H groups in total. The van der Waals surface area contributed by atoms with Gasteiger partial charge in [-0.3, -0.25) is 4.90 Å². The third-order valence-corrected chi connectivity index (χ3v) is 4.24. The Kier molecular flexibility index (Phi) is 7.84. The van der Waals surface area contributed by atoms with E-state index in [2.05, 4.69) is 11.8 Å². The summed E-state index contributed by atoms with van der Waals surface area (Å²) in [6.07, 6.45) is -3.32. The van der Waals surface area contributed by atoms with Gasteiger partial charge in [0.25, 0.3) is 0 Å². The van der Waals surface area contributed by atoms with Gasteiger partial charge in [-0.1, -0.05) is 13.0 Å². The molecule has 2 rings (SSSR count). The lowest BCUT2D eigenvalue weighted by Crippen LogP contribution is -2.31. The molecule has 1 saturated heterocycles. The summed E-state index contributed by atoms with van der Waals surface area (Å²) < 4.78 is 47.3. The molecular weight excluding hydrogens is 357 g/mol. The average molecular weight is 383 g/mol. The van der Waals surface area contributed by atoms with Crippen LogP contribution in [0.2, 0.25) is 0 Å². The predicted octanol–water partition coefficient (Wildman–Crippen LogP) is 3.62. The fraction of sp³-hybridized carbons (Fsp3) is 0.647. The van der Waals surface area contributed by atoms with Crippen LogP contribution in [0.25, 0.3) is 0 Å². The molecule has 144 valence electrons. The van der Waals surface area contributed by atoms with E-state index < -0.39 is 12.8 Å². The van der Waals surface area contributed by atoms with E-state index in [1.165, 1.54) is 0 Å². The fourth-order valence-corrected chi connectivity index (χ4v) is 2.88. The quantitative estimate of drug-likeness (QED) is 0.782. The summed E-state index contributed by atoms with van der Waals surface area (Å²) in [4.78, 5) is 2.30. The number of hydrogen-bond donors (Lipinski definition) is 1. The Morgan fingerprint density at radius 3 is 2.52 bits per heavy atom. The summed E-state index contributed by atoms with van der Waals surface area (Å²) >= 11 is 0. The van der Waals surface area contributed by atoms with Crippen molar-refractivity contribution in [1.29, 1.82) is 0 Å². The minimum atomic E-state index is -4.37. The largest absolute Gasteiger partial charge is 0.490 e. The van der Waals surface area contributed by atoms with E-state index in [0.717, 1.165) is 31.6 Å². The normalized spacial score (nSPS) is 21.0. The number of likely N-dealkylation sites (tertiary alicyclic amines) is 1. The standard InChI is InChI=1S/C17H25F3N2O2.ClH/c1-3-23-15-8-13(4-5-14(15)24-12-17(18,19)20)9-22-7-6-16(2,10-21)11-22;/h4-5,8H,3,6-7,9-12,21H2,1-2H3;1H. The maximum Gasteiger partial charge on any atom is 0.422 e. The van der Waals surface area contributed by atoms with Crippen molar-refractivity contribution in [2.24, 2.45) is 11.1 Å². The first-order valence-corrected chi connectivity index (χ1v) is 8.12. The van der Waals surface area contributed by atoms with Gasteiger partial charge in [-0.15, -0.1) is 12.4 Å². The van der Waals surface area contributed by atoms with Crippen molar-refractivity contribution in [3.63, 3.8) is 0 Å². The Bertz CT molecular complexity index is 557. The number of hydrogen-bond acceptors (Lipinski definition) is 4. The lowest BCUT2D eigenvalue weighted by Gasteiger charge is -2.23. The molecule has 1 fully saturated rings. The molecule has 25 heavy (non-hydrogen) atoms.